The molecular weight excluding hydrogens is 277 g/mol. The Morgan fingerprint density at radius 2 is 1.94 bits per heavy atom. The fraction of sp³-hybridized carbons (Fsp3) is 0.455. The Balaban J connectivity index is 2.29. The third-order valence-corrected chi connectivity index (χ3v) is 3.58. The third kappa shape index (κ3) is 2.81. The van der Waals surface area contributed by atoms with Crippen LogP contribution in [0.2, 0.25) is 10.0 Å². The first-order valence-corrected chi connectivity index (χ1v) is 6.92. The molecule has 0 aliphatic carbocycles. The van der Waals surface area contributed by atoms with E-state index >= 15 is 0 Å². The minimum Gasteiger partial charge on any atom is -0.382 e. The quantitative estimate of drug-likeness (QED) is 0.903. The van der Waals surface area contributed by atoms with E-state index in [1.807, 2.05) is 0 Å². The molecule has 17 heavy (non-hydrogen) atoms. The molecule has 0 saturated heterocycles. The highest BCUT2D eigenvalue weighted by molar-refractivity contribution is 7.00. The molecule has 92 valence electrons. The smallest absolute Gasteiger partial charge is 0.130 e. The summed E-state index contributed by atoms with van der Waals surface area (Å²) in [6.07, 6.45) is 1.08. The Hall–Kier alpha value is -0.580. The summed E-state index contributed by atoms with van der Waals surface area (Å²) in [5, 5.41) is 4.46. The van der Waals surface area contributed by atoms with Crippen molar-refractivity contribution in [1.82, 2.24) is 8.75 Å². The van der Waals surface area contributed by atoms with Crippen LogP contribution in [0, 0.1) is 5.92 Å². The van der Waals surface area contributed by atoms with Crippen molar-refractivity contribution < 1.29 is 0 Å². The molecule has 0 aliphatic heterocycles. The van der Waals surface area contributed by atoms with Gasteiger partial charge in [-0.15, -0.1) is 0 Å². The van der Waals surface area contributed by atoms with Gasteiger partial charge >= 0.3 is 0 Å². The van der Waals surface area contributed by atoms with E-state index in [0.29, 0.717) is 21.5 Å². The van der Waals surface area contributed by atoms with E-state index < -0.39 is 0 Å². The lowest BCUT2D eigenvalue weighted by atomic mass is 10.1. The molecular formula is C11H13Cl2N3S. The van der Waals surface area contributed by atoms with E-state index in [2.05, 4.69) is 27.9 Å². The predicted octanol–water partition coefficient (Wildman–Crippen LogP) is 4.46. The van der Waals surface area contributed by atoms with Crippen LogP contribution in [-0.2, 0) is 0 Å². The Bertz CT molecular complexity index is 525. The van der Waals surface area contributed by atoms with Crippen molar-refractivity contribution >= 4 is 51.7 Å². The molecule has 1 heterocycles. The number of fused-ring (bicyclic) bond motifs is 1. The molecule has 1 aromatic carbocycles. The van der Waals surface area contributed by atoms with Crippen LogP contribution in [0.25, 0.3) is 11.0 Å². The van der Waals surface area contributed by atoms with Crippen molar-refractivity contribution in [3.05, 3.63) is 16.1 Å². The van der Waals surface area contributed by atoms with Gasteiger partial charge < -0.3 is 5.32 Å². The Morgan fingerprint density at radius 1 is 1.24 bits per heavy atom. The first-order valence-electron chi connectivity index (χ1n) is 5.43. The topological polar surface area (TPSA) is 37.8 Å². The zero-order valence-electron chi connectivity index (χ0n) is 9.63. The van der Waals surface area contributed by atoms with Crippen LogP contribution >= 0.6 is 34.9 Å². The molecule has 0 bridgehead atoms. The zero-order chi connectivity index (χ0) is 12.4. The molecule has 0 radical (unpaired) electrons. The summed E-state index contributed by atoms with van der Waals surface area (Å²) in [4.78, 5) is 0. The summed E-state index contributed by atoms with van der Waals surface area (Å²) >= 11 is 13.4. The predicted molar refractivity (Wildman–Crippen MR) is 75.4 cm³/mol. The summed E-state index contributed by atoms with van der Waals surface area (Å²) in [6, 6.07) is 1.71. The summed E-state index contributed by atoms with van der Waals surface area (Å²) in [6.45, 7) is 5.24. The second kappa shape index (κ2) is 5.38. The van der Waals surface area contributed by atoms with E-state index in [1.165, 1.54) is 0 Å². The van der Waals surface area contributed by atoms with E-state index in [4.69, 9.17) is 23.2 Å². The van der Waals surface area contributed by atoms with Crippen molar-refractivity contribution in [3.8, 4) is 0 Å². The van der Waals surface area contributed by atoms with E-state index in [1.54, 1.807) is 6.07 Å². The van der Waals surface area contributed by atoms with Gasteiger partial charge in [0.15, 0.2) is 0 Å². The van der Waals surface area contributed by atoms with Gasteiger partial charge in [-0.05, 0) is 18.4 Å². The molecule has 2 rings (SSSR count). The van der Waals surface area contributed by atoms with Crippen molar-refractivity contribution in [2.45, 2.75) is 20.3 Å². The van der Waals surface area contributed by atoms with Gasteiger partial charge in [0.25, 0.3) is 0 Å². The highest BCUT2D eigenvalue weighted by atomic mass is 35.5. The maximum atomic E-state index is 6.17. The number of nitrogens with zero attached hydrogens (tertiary/aromatic N) is 2. The Morgan fingerprint density at radius 3 is 2.65 bits per heavy atom. The SMILES string of the molecule is CC(C)CCNc1c(Cl)cc(Cl)c2nsnc12. The van der Waals surface area contributed by atoms with Gasteiger partial charge in [-0.25, -0.2) is 0 Å². The Labute approximate surface area is 114 Å². The molecule has 3 nitrogen and oxygen atoms in total. The molecule has 0 aliphatic rings. The minimum absolute atomic E-state index is 0.549. The monoisotopic (exact) mass is 289 g/mol. The van der Waals surface area contributed by atoms with Gasteiger partial charge in [0.2, 0.25) is 0 Å². The standard InChI is InChI=1S/C11H13Cl2N3S/c1-6(2)3-4-14-9-7(12)5-8(13)10-11(9)16-17-15-10/h5-6,14H,3-4H2,1-2H3. The summed E-state index contributed by atoms with van der Waals surface area (Å²) in [5.41, 5.74) is 2.31. The van der Waals surface area contributed by atoms with Crippen LogP contribution in [0.5, 0.6) is 0 Å². The summed E-state index contributed by atoms with van der Waals surface area (Å²) in [5.74, 6) is 0.651. The van der Waals surface area contributed by atoms with Crippen LogP contribution in [-0.4, -0.2) is 15.3 Å². The molecule has 6 heteroatoms. The highest BCUT2D eigenvalue weighted by Gasteiger charge is 2.13. The van der Waals surface area contributed by atoms with Crippen LogP contribution in [0.15, 0.2) is 6.07 Å². The summed E-state index contributed by atoms with van der Waals surface area (Å²) < 4.78 is 8.40. The fourth-order valence-electron chi connectivity index (χ4n) is 1.53. The fourth-order valence-corrected chi connectivity index (χ4v) is 2.71. The normalized spacial score (nSPS) is 11.4. The number of aromatic nitrogens is 2. The van der Waals surface area contributed by atoms with E-state index in [9.17, 15) is 0 Å². The minimum atomic E-state index is 0.549. The lowest BCUT2D eigenvalue weighted by Crippen LogP contribution is -2.05. The third-order valence-electron chi connectivity index (χ3n) is 2.47. The number of rotatable bonds is 4. The molecule has 0 atom stereocenters. The van der Waals surface area contributed by atoms with Crippen molar-refractivity contribution in [1.29, 1.82) is 0 Å². The van der Waals surface area contributed by atoms with Crippen molar-refractivity contribution in [2.24, 2.45) is 5.92 Å². The van der Waals surface area contributed by atoms with Crippen LogP contribution in [0.4, 0.5) is 5.69 Å². The van der Waals surface area contributed by atoms with E-state index in [-0.39, 0.29) is 0 Å². The van der Waals surface area contributed by atoms with E-state index in [0.717, 1.165) is 35.9 Å². The molecule has 0 fully saturated rings. The van der Waals surface area contributed by atoms with Gasteiger partial charge in [0.1, 0.15) is 11.0 Å². The molecule has 1 aromatic heterocycles. The van der Waals surface area contributed by atoms with Gasteiger partial charge in [0, 0.05) is 6.54 Å². The lowest BCUT2D eigenvalue weighted by Gasteiger charge is -2.10. The largest absolute Gasteiger partial charge is 0.382 e. The number of hydrogen-bond acceptors (Lipinski definition) is 4. The lowest BCUT2D eigenvalue weighted by molar-refractivity contribution is 0.607. The number of hydrogen-bond donors (Lipinski definition) is 1. The molecule has 1 N–H and O–H groups in total. The van der Waals surface area contributed by atoms with Gasteiger partial charge in [-0.2, -0.15) is 8.75 Å². The number of nitrogens with one attached hydrogen (secondary N) is 1. The summed E-state index contributed by atoms with van der Waals surface area (Å²) in [7, 11) is 0. The van der Waals surface area contributed by atoms with Gasteiger partial charge in [-0.1, -0.05) is 37.0 Å². The van der Waals surface area contributed by atoms with Crippen LogP contribution in [0.1, 0.15) is 20.3 Å². The second-order valence-electron chi connectivity index (χ2n) is 4.29. The number of benzene rings is 1. The molecule has 0 spiro atoms. The molecule has 2 aromatic rings. The van der Waals surface area contributed by atoms with Crippen molar-refractivity contribution in [2.75, 3.05) is 11.9 Å². The molecule has 0 amide bonds. The van der Waals surface area contributed by atoms with Crippen LogP contribution in [0.3, 0.4) is 0 Å². The number of halogens is 2. The van der Waals surface area contributed by atoms with Gasteiger partial charge in [0.05, 0.1) is 27.5 Å². The highest BCUT2D eigenvalue weighted by Crippen LogP contribution is 2.35. The maximum absolute atomic E-state index is 6.17. The van der Waals surface area contributed by atoms with Crippen LogP contribution < -0.4 is 5.32 Å². The first kappa shape index (κ1) is 12.9. The molecule has 0 unspecified atom stereocenters. The first-order chi connectivity index (χ1) is 8.09. The number of anilines is 1. The molecule has 0 saturated carbocycles. The van der Waals surface area contributed by atoms with Crippen molar-refractivity contribution in [3.63, 3.8) is 0 Å². The maximum Gasteiger partial charge on any atom is 0.130 e. The zero-order valence-corrected chi connectivity index (χ0v) is 12.0. The average Bonchev–Trinajstić information content (AvgIpc) is 2.71. The second-order valence-corrected chi connectivity index (χ2v) is 5.63. The average molecular weight is 290 g/mol. The van der Waals surface area contributed by atoms with Gasteiger partial charge in [-0.3, -0.25) is 0 Å². The Kier molecular flexibility index (Phi) is 4.07.